The summed E-state index contributed by atoms with van der Waals surface area (Å²) in [5, 5.41) is 10.3. The molecule has 0 aromatic heterocycles. The maximum Gasteiger partial charge on any atom is 0.155 e. The molecular formula is C13H20O3S. The molecule has 0 saturated carbocycles. The summed E-state index contributed by atoms with van der Waals surface area (Å²) in [4.78, 5) is 0. The average Bonchev–Trinajstić information content (AvgIpc) is 2.14. The molecule has 1 unspecified atom stereocenters. The molecule has 0 aliphatic rings. The molecular weight excluding hydrogens is 236 g/mol. The molecule has 1 rings (SSSR count). The van der Waals surface area contributed by atoms with Gasteiger partial charge >= 0.3 is 0 Å². The van der Waals surface area contributed by atoms with Crippen LogP contribution in [-0.2, 0) is 9.84 Å². The van der Waals surface area contributed by atoms with Crippen molar-refractivity contribution in [1.29, 1.82) is 0 Å². The summed E-state index contributed by atoms with van der Waals surface area (Å²) in [7, 11) is -3.33. The molecule has 0 aliphatic carbocycles. The van der Waals surface area contributed by atoms with E-state index in [2.05, 4.69) is 0 Å². The van der Waals surface area contributed by atoms with E-state index in [9.17, 15) is 13.5 Å². The molecule has 0 amide bonds. The number of aliphatic hydroxyl groups is 1. The van der Waals surface area contributed by atoms with Gasteiger partial charge in [-0.25, -0.2) is 8.42 Å². The number of aliphatic hydroxyl groups excluding tert-OH is 1. The van der Waals surface area contributed by atoms with E-state index < -0.39 is 20.7 Å². The highest BCUT2D eigenvalue weighted by Gasteiger charge is 2.39. The van der Waals surface area contributed by atoms with Crippen molar-refractivity contribution in [2.75, 3.05) is 6.26 Å². The zero-order valence-electron chi connectivity index (χ0n) is 11.0. The fourth-order valence-electron chi connectivity index (χ4n) is 1.71. The van der Waals surface area contributed by atoms with Gasteiger partial charge in [-0.2, -0.15) is 0 Å². The largest absolute Gasteiger partial charge is 0.387 e. The average molecular weight is 256 g/mol. The number of rotatable bonds is 3. The lowest BCUT2D eigenvalue weighted by Crippen LogP contribution is -2.38. The Balaban J connectivity index is 3.26. The molecule has 0 heterocycles. The molecule has 17 heavy (non-hydrogen) atoms. The number of aryl methyl sites for hydroxylation is 2. The van der Waals surface area contributed by atoms with Gasteiger partial charge in [-0.15, -0.1) is 0 Å². The third kappa shape index (κ3) is 2.69. The van der Waals surface area contributed by atoms with Gasteiger partial charge < -0.3 is 5.11 Å². The number of benzene rings is 1. The van der Waals surface area contributed by atoms with Crippen LogP contribution in [-0.4, -0.2) is 24.5 Å². The lowest BCUT2D eigenvalue weighted by molar-refractivity contribution is 0.139. The van der Waals surface area contributed by atoms with Gasteiger partial charge in [-0.1, -0.05) is 23.8 Å². The van der Waals surface area contributed by atoms with Crippen LogP contribution in [0.3, 0.4) is 0 Å². The predicted octanol–water partition coefficient (Wildman–Crippen LogP) is 2.16. The summed E-state index contributed by atoms with van der Waals surface area (Å²) in [5.74, 6) is 0. The first kappa shape index (κ1) is 14.2. The van der Waals surface area contributed by atoms with Crippen molar-refractivity contribution >= 4 is 9.84 Å². The maximum atomic E-state index is 11.7. The molecule has 0 radical (unpaired) electrons. The lowest BCUT2D eigenvalue weighted by atomic mass is 9.93. The number of hydrogen-bond donors (Lipinski definition) is 1. The van der Waals surface area contributed by atoms with Gasteiger partial charge in [0.05, 0.1) is 10.9 Å². The fraction of sp³-hybridized carbons (Fsp3) is 0.538. The second-order valence-corrected chi connectivity index (χ2v) is 7.73. The lowest BCUT2D eigenvalue weighted by Gasteiger charge is -2.30. The molecule has 0 saturated heterocycles. The van der Waals surface area contributed by atoms with Crippen LogP contribution in [0.4, 0.5) is 0 Å². The summed E-state index contributed by atoms with van der Waals surface area (Å²) >= 11 is 0. The van der Waals surface area contributed by atoms with E-state index in [4.69, 9.17) is 0 Å². The smallest absolute Gasteiger partial charge is 0.155 e. The third-order valence-corrected chi connectivity index (χ3v) is 5.47. The molecule has 1 N–H and O–H groups in total. The van der Waals surface area contributed by atoms with Crippen molar-refractivity contribution in [3.63, 3.8) is 0 Å². The Bertz CT molecular complexity index is 515. The summed E-state index contributed by atoms with van der Waals surface area (Å²) in [6.07, 6.45) is 0.137. The molecule has 0 bridgehead atoms. The first-order valence-electron chi connectivity index (χ1n) is 5.52. The van der Waals surface area contributed by atoms with Crippen LogP contribution in [0.5, 0.6) is 0 Å². The third-order valence-electron chi connectivity index (χ3n) is 3.33. The first-order chi connectivity index (χ1) is 7.57. The van der Waals surface area contributed by atoms with Crippen LogP contribution in [0.2, 0.25) is 0 Å². The van der Waals surface area contributed by atoms with Gasteiger partial charge in [-0.3, -0.25) is 0 Å². The molecule has 0 spiro atoms. The topological polar surface area (TPSA) is 54.4 Å². The van der Waals surface area contributed by atoms with E-state index in [1.807, 2.05) is 26.0 Å². The van der Waals surface area contributed by atoms with Gasteiger partial charge in [0.15, 0.2) is 9.84 Å². The minimum absolute atomic E-state index is 0.672. The van der Waals surface area contributed by atoms with Gasteiger partial charge in [0, 0.05) is 6.26 Å². The first-order valence-corrected chi connectivity index (χ1v) is 7.41. The second-order valence-electron chi connectivity index (χ2n) is 5.14. The Morgan fingerprint density at radius 2 is 1.76 bits per heavy atom. The normalized spacial score (nSPS) is 14.7. The van der Waals surface area contributed by atoms with Crippen LogP contribution in [0.15, 0.2) is 18.2 Å². The quantitative estimate of drug-likeness (QED) is 0.901. The van der Waals surface area contributed by atoms with Gasteiger partial charge in [0.25, 0.3) is 0 Å². The van der Waals surface area contributed by atoms with E-state index in [0.717, 1.165) is 17.4 Å². The van der Waals surface area contributed by atoms with E-state index in [1.165, 1.54) is 0 Å². The van der Waals surface area contributed by atoms with Crippen molar-refractivity contribution in [2.45, 2.75) is 38.5 Å². The predicted molar refractivity (Wildman–Crippen MR) is 69.8 cm³/mol. The fourth-order valence-corrected chi connectivity index (χ4v) is 2.24. The highest BCUT2D eigenvalue weighted by atomic mass is 32.2. The molecule has 3 nitrogen and oxygen atoms in total. The van der Waals surface area contributed by atoms with E-state index in [-0.39, 0.29) is 0 Å². The summed E-state index contributed by atoms with van der Waals surface area (Å²) in [6.45, 7) is 6.94. The van der Waals surface area contributed by atoms with E-state index in [0.29, 0.717) is 5.56 Å². The molecule has 96 valence electrons. The summed E-state index contributed by atoms with van der Waals surface area (Å²) < 4.78 is 22.2. The van der Waals surface area contributed by atoms with Crippen LogP contribution in [0, 0.1) is 13.8 Å². The zero-order chi connectivity index (χ0) is 13.4. The molecule has 4 heteroatoms. The highest BCUT2D eigenvalue weighted by Crippen LogP contribution is 2.33. The highest BCUT2D eigenvalue weighted by molar-refractivity contribution is 7.92. The van der Waals surface area contributed by atoms with E-state index >= 15 is 0 Å². The summed E-state index contributed by atoms with van der Waals surface area (Å²) in [6, 6.07) is 5.61. The number of hydrogen-bond acceptors (Lipinski definition) is 3. The Hall–Kier alpha value is -0.870. The van der Waals surface area contributed by atoms with Crippen molar-refractivity contribution < 1.29 is 13.5 Å². The van der Waals surface area contributed by atoms with Gasteiger partial charge in [0.1, 0.15) is 0 Å². The Morgan fingerprint density at radius 1 is 1.24 bits per heavy atom. The maximum absolute atomic E-state index is 11.7. The van der Waals surface area contributed by atoms with E-state index in [1.54, 1.807) is 19.9 Å². The van der Waals surface area contributed by atoms with Crippen molar-refractivity contribution in [1.82, 2.24) is 0 Å². The minimum atomic E-state index is -3.33. The van der Waals surface area contributed by atoms with Crippen molar-refractivity contribution in [2.24, 2.45) is 0 Å². The van der Waals surface area contributed by atoms with Crippen molar-refractivity contribution in [3.05, 3.63) is 34.9 Å². The SMILES string of the molecule is Cc1ccc(C(O)C(C)(C)S(C)(=O)=O)c(C)c1. The van der Waals surface area contributed by atoms with Crippen LogP contribution in [0.25, 0.3) is 0 Å². The Labute approximate surface area is 103 Å². The molecule has 1 aromatic rings. The standard InChI is InChI=1S/C13H20O3S/c1-9-6-7-11(10(2)8-9)12(14)13(3,4)17(5,15)16/h6-8,12,14H,1-5H3. The monoisotopic (exact) mass is 256 g/mol. The second kappa shape index (κ2) is 4.42. The molecule has 1 aromatic carbocycles. The van der Waals surface area contributed by atoms with Gasteiger partial charge in [0.2, 0.25) is 0 Å². The van der Waals surface area contributed by atoms with Crippen LogP contribution in [0.1, 0.15) is 36.6 Å². The molecule has 0 fully saturated rings. The number of sulfone groups is 1. The Kier molecular flexibility index (Phi) is 3.69. The Morgan fingerprint density at radius 3 is 2.18 bits per heavy atom. The molecule has 1 atom stereocenters. The minimum Gasteiger partial charge on any atom is -0.387 e. The van der Waals surface area contributed by atoms with Gasteiger partial charge in [-0.05, 0) is 38.8 Å². The van der Waals surface area contributed by atoms with Crippen molar-refractivity contribution in [3.8, 4) is 0 Å². The van der Waals surface area contributed by atoms with Crippen LogP contribution < -0.4 is 0 Å². The molecule has 0 aliphatic heterocycles. The van der Waals surface area contributed by atoms with Crippen LogP contribution >= 0.6 is 0 Å². The summed E-state index contributed by atoms with van der Waals surface area (Å²) in [5.41, 5.74) is 2.68. The zero-order valence-corrected chi connectivity index (χ0v) is 11.8.